The van der Waals surface area contributed by atoms with Gasteiger partial charge >= 0.3 is 0 Å². The summed E-state index contributed by atoms with van der Waals surface area (Å²) in [5.74, 6) is -0.250. The molecule has 0 saturated heterocycles. The molecule has 2 N–H and O–H groups in total. The van der Waals surface area contributed by atoms with Gasteiger partial charge in [-0.3, -0.25) is 0 Å². The zero-order chi connectivity index (χ0) is 12.5. The van der Waals surface area contributed by atoms with E-state index in [1.165, 1.54) is 23.5 Å². The van der Waals surface area contributed by atoms with Crippen LogP contribution >= 0.6 is 22.7 Å². The molecule has 0 aliphatic carbocycles. The number of thiazole rings is 1. The summed E-state index contributed by atoms with van der Waals surface area (Å²) in [4.78, 5) is 6.51. The van der Waals surface area contributed by atoms with Gasteiger partial charge in [0, 0.05) is 10.4 Å². The van der Waals surface area contributed by atoms with Gasteiger partial charge in [0.1, 0.15) is 5.82 Å². The number of hydrogen-bond donors (Lipinski definition) is 1. The van der Waals surface area contributed by atoms with Crippen molar-refractivity contribution in [2.24, 2.45) is 0 Å². The van der Waals surface area contributed by atoms with E-state index >= 15 is 0 Å². The normalized spacial score (nSPS) is 10.7. The molecule has 90 valence electrons. The lowest BCUT2D eigenvalue weighted by Gasteiger charge is -2.00. The molecule has 3 aromatic rings. The quantitative estimate of drug-likeness (QED) is 0.759. The minimum absolute atomic E-state index is 0.250. The highest BCUT2D eigenvalue weighted by molar-refractivity contribution is 7.23. The van der Waals surface area contributed by atoms with Crippen LogP contribution in [-0.4, -0.2) is 4.98 Å². The molecule has 0 saturated carbocycles. The largest absolute Gasteiger partial charge is 0.375 e. The lowest BCUT2D eigenvalue weighted by Crippen LogP contribution is -1.84. The zero-order valence-electron chi connectivity index (χ0n) is 9.26. The van der Waals surface area contributed by atoms with Crippen LogP contribution in [-0.2, 0) is 0 Å². The first-order chi connectivity index (χ1) is 8.74. The van der Waals surface area contributed by atoms with Gasteiger partial charge in [0.15, 0.2) is 5.13 Å². The van der Waals surface area contributed by atoms with E-state index in [0.717, 1.165) is 21.0 Å². The molecule has 3 rings (SSSR count). The summed E-state index contributed by atoms with van der Waals surface area (Å²) in [6, 6.07) is 10.3. The molecule has 0 radical (unpaired) electrons. The molecule has 0 amide bonds. The van der Waals surface area contributed by atoms with Crippen LogP contribution in [0.25, 0.3) is 21.0 Å². The summed E-state index contributed by atoms with van der Waals surface area (Å²) in [5.41, 5.74) is 7.49. The van der Waals surface area contributed by atoms with Crippen LogP contribution in [0.1, 0.15) is 0 Å². The van der Waals surface area contributed by atoms with E-state index in [-0.39, 0.29) is 5.82 Å². The van der Waals surface area contributed by atoms with Gasteiger partial charge in [-0.05, 0) is 35.7 Å². The van der Waals surface area contributed by atoms with Crippen molar-refractivity contribution in [1.82, 2.24) is 4.98 Å². The second kappa shape index (κ2) is 4.51. The molecule has 18 heavy (non-hydrogen) atoms. The summed E-state index contributed by atoms with van der Waals surface area (Å²) in [6.45, 7) is 0. The van der Waals surface area contributed by atoms with Crippen LogP contribution in [0.3, 0.4) is 0 Å². The Bertz CT molecular complexity index is 657. The van der Waals surface area contributed by atoms with Gasteiger partial charge in [-0.15, -0.1) is 11.3 Å². The smallest absolute Gasteiger partial charge is 0.181 e. The van der Waals surface area contributed by atoms with Crippen LogP contribution in [0.5, 0.6) is 0 Å². The van der Waals surface area contributed by atoms with Gasteiger partial charge in [-0.2, -0.15) is 0 Å². The van der Waals surface area contributed by atoms with Crippen LogP contribution in [0.2, 0.25) is 0 Å². The summed E-state index contributed by atoms with van der Waals surface area (Å²) < 4.78 is 12.9. The summed E-state index contributed by atoms with van der Waals surface area (Å²) in [5, 5.41) is 2.54. The van der Waals surface area contributed by atoms with E-state index in [1.807, 2.05) is 17.5 Å². The molecule has 0 fully saturated rings. The van der Waals surface area contributed by atoms with Gasteiger partial charge in [0.2, 0.25) is 0 Å². The lowest BCUT2D eigenvalue weighted by molar-refractivity contribution is 0.628. The predicted molar refractivity (Wildman–Crippen MR) is 75.2 cm³/mol. The number of nitrogens with two attached hydrogens (primary N) is 1. The molecular weight excluding hydrogens is 267 g/mol. The predicted octanol–water partition coefficient (Wildman–Crippen LogP) is 4.26. The van der Waals surface area contributed by atoms with Crippen LogP contribution in [0.15, 0.2) is 41.8 Å². The maximum Gasteiger partial charge on any atom is 0.181 e. The van der Waals surface area contributed by atoms with Gasteiger partial charge in [-0.1, -0.05) is 17.4 Å². The molecule has 2 aromatic heterocycles. The Hall–Kier alpha value is -1.72. The Kier molecular flexibility index (Phi) is 2.85. The van der Waals surface area contributed by atoms with Crippen molar-refractivity contribution in [3.63, 3.8) is 0 Å². The average molecular weight is 276 g/mol. The summed E-state index contributed by atoms with van der Waals surface area (Å²) >= 11 is 3.10. The number of nitrogen functional groups attached to an aromatic ring is 1. The number of benzene rings is 1. The van der Waals surface area contributed by atoms with E-state index in [4.69, 9.17) is 5.73 Å². The fourth-order valence-corrected chi connectivity index (χ4v) is 3.42. The molecule has 2 heterocycles. The van der Waals surface area contributed by atoms with Crippen molar-refractivity contribution in [2.45, 2.75) is 0 Å². The molecule has 1 aromatic carbocycles. The molecule has 0 aliphatic rings. The van der Waals surface area contributed by atoms with Crippen molar-refractivity contribution >= 4 is 27.8 Å². The number of anilines is 1. The third kappa shape index (κ3) is 2.02. The Morgan fingerprint density at radius 3 is 2.56 bits per heavy atom. The highest BCUT2D eigenvalue weighted by Crippen LogP contribution is 2.39. The van der Waals surface area contributed by atoms with Crippen molar-refractivity contribution in [3.8, 4) is 21.0 Å². The molecule has 0 atom stereocenters. The number of rotatable bonds is 2. The monoisotopic (exact) mass is 276 g/mol. The second-order valence-electron chi connectivity index (χ2n) is 3.71. The van der Waals surface area contributed by atoms with Gasteiger partial charge < -0.3 is 5.73 Å². The minimum Gasteiger partial charge on any atom is -0.375 e. The van der Waals surface area contributed by atoms with Gasteiger partial charge in [0.25, 0.3) is 0 Å². The second-order valence-corrected chi connectivity index (χ2v) is 5.69. The number of hydrogen-bond acceptors (Lipinski definition) is 4. The molecule has 0 aliphatic heterocycles. The topological polar surface area (TPSA) is 38.9 Å². The SMILES string of the molecule is Nc1nc(-c2ccc(F)cc2)c(-c2cccs2)s1. The van der Waals surface area contributed by atoms with Crippen molar-refractivity contribution in [1.29, 1.82) is 0 Å². The van der Waals surface area contributed by atoms with E-state index in [1.54, 1.807) is 23.5 Å². The van der Waals surface area contributed by atoms with Gasteiger partial charge in [0.05, 0.1) is 10.6 Å². The maximum atomic E-state index is 12.9. The Labute approximate surface area is 112 Å². The van der Waals surface area contributed by atoms with Crippen LogP contribution in [0, 0.1) is 5.82 Å². The average Bonchev–Trinajstić information content (AvgIpc) is 2.98. The first kappa shape index (κ1) is 11.4. The van der Waals surface area contributed by atoms with Crippen LogP contribution < -0.4 is 5.73 Å². The van der Waals surface area contributed by atoms with E-state index < -0.39 is 0 Å². The van der Waals surface area contributed by atoms with Crippen molar-refractivity contribution < 1.29 is 4.39 Å². The van der Waals surface area contributed by atoms with E-state index in [0.29, 0.717) is 5.13 Å². The molecule has 0 bridgehead atoms. The molecule has 2 nitrogen and oxygen atoms in total. The number of nitrogens with zero attached hydrogens (tertiary/aromatic N) is 1. The standard InChI is InChI=1S/C13H9FN2S2/c14-9-5-3-8(4-6-9)11-12(18-13(15)16-11)10-2-1-7-17-10/h1-7H,(H2,15,16). The fourth-order valence-electron chi connectivity index (χ4n) is 1.71. The van der Waals surface area contributed by atoms with E-state index in [9.17, 15) is 4.39 Å². The number of thiophene rings is 1. The third-order valence-electron chi connectivity index (χ3n) is 2.51. The van der Waals surface area contributed by atoms with Crippen molar-refractivity contribution in [3.05, 3.63) is 47.6 Å². The van der Waals surface area contributed by atoms with Crippen molar-refractivity contribution in [2.75, 3.05) is 5.73 Å². The fraction of sp³-hybridized carbons (Fsp3) is 0. The molecule has 5 heteroatoms. The number of halogens is 1. The Balaban J connectivity index is 2.15. The maximum absolute atomic E-state index is 12.9. The lowest BCUT2D eigenvalue weighted by atomic mass is 10.1. The minimum atomic E-state index is -0.250. The van der Waals surface area contributed by atoms with Crippen LogP contribution in [0.4, 0.5) is 9.52 Å². The number of aromatic nitrogens is 1. The first-order valence-electron chi connectivity index (χ1n) is 5.30. The van der Waals surface area contributed by atoms with Gasteiger partial charge in [-0.25, -0.2) is 9.37 Å². The Morgan fingerprint density at radius 2 is 1.89 bits per heavy atom. The Morgan fingerprint density at radius 1 is 1.11 bits per heavy atom. The third-order valence-corrected chi connectivity index (χ3v) is 4.44. The summed E-state index contributed by atoms with van der Waals surface area (Å²) in [7, 11) is 0. The van der Waals surface area contributed by atoms with E-state index in [2.05, 4.69) is 4.98 Å². The first-order valence-corrected chi connectivity index (χ1v) is 7.00. The highest BCUT2D eigenvalue weighted by atomic mass is 32.1. The zero-order valence-corrected chi connectivity index (χ0v) is 10.9. The molecular formula is C13H9FN2S2. The summed E-state index contributed by atoms with van der Waals surface area (Å²) in [6.07, 6.45) is 0. The molecule has 0 unspecified atom stereocenters. The highest BCUT2D eigenvalue weighted by Gasteiger charge is 2.14. The molecule has 0 spiro atoms.